The van der Waals surface area contributed by atoms with Crippen LogP contribution in [0.3, 0.4) is 0 Å². The molecule has 1 amide bonds. The number of carbonyl (C=O) groups is 2. The molecular weight excluding hydrogens is 230 g/mol. The smallest absolute Gasteiger partial charge is 0.328 e. The van der Waals surface area contributed by atoms with E-state index in [0.29, 0.717) is 0 Å². The fraction of sp³-hybridized carbons (Fsp3) is 0.429. The molecule has 0 aliphatic heterocycles. The Morgan fingerprint density at radius 1 is 1.33 bits per heavy atom. The van der Waals surface area contributed by atoms with E-state index in [-0.39, 0.29) is 11.8 Å². The number of hydrogen-bond donors (Lipinski definition) is 2. The predicted molar refractivity (Wildman–Crippen MR) is 67.4 cm³/mol. The third kappa shape index (κ3) is 2.23. The van der Waals surface area contributed by atoms with Crippen LogP contribution in [0.2, 0.25) is 0 Å². The molecule has 0 bridgehead atoms. The van der Waals surface area contributed by atoms with E-state index in [1.807, 2.05) is 24.3 Å². The summed E-state index contributed by atoms with van der Waals surface area (Å²) in [5.74, 6) is -1.45. The summed E-state index contributed by atoms with van der Waals surface area (Å²) in [7, 11) is 0. The number of carbonyl (C=O) groups excluding carboxylic acids is 1. The zero-order valence-corrected chi connectivity index (χ0v) is 10.6. The number of hydrogen-bond acceptors (Lipinski definition) is 2. The molecule has 1 aliphatic carbocycles. The Kier molecular flexibility index (Phi) is 3.11. The highest BCUT2D eigenvalue weighted by atomic mass is 16.4. The average Bonchev–Trinajstić information content (AvgIpc) is 2.71. The number of fused-ring (bicyclic) bond motifs is 1. The normalized spacial score (nSPS) is 18.2. The van der Waals surface area contributed by atoms with Crippen molar-refractivity contribution in [3.05, 3.63) is 35.4 Å². The fourth-order valence-electron chi connectivity index (χ4n) is 2.28. The Morgan fingerprint density at radius 3 is 2.67 bits per heavy atom. The summed E-state index contributed by atoms with van der Waals surface area (Å²) in [5.41, 5.74) is 0.983. The number of amides is 1. The maximum absolute atomic E-state index is 12.2. The van der Waals surface area contributed by atoms with Gasteiger partial charge in [-0.1, -0.05) is 24.3 Å². The Hall–Kier alpha value is -1.84. The van der Waals surface area contributed by atoms with Crippen molar-refractivity contribution in [1.82, 2.24) is 5.32 Å². The van der Waals surface area contributed by atoms with Crippen molar-refractivity contribution in [3.63, 3.8) is 0 Å². The van der Waals surface area contributed by atoms with Crippen molar-refractivity contribution < 1.29 is 14.7 Å². The maximum Gasteiger partial charge on any atom is 0.328 e. The second kappa shape index (κ2) is 4.44. The van der Waals surface area contributed by atoms with E-state index in [0.717, 1.165) is 18.4 Å². The molecule has 18 heavy (non-hydrogen) atoms. The lowest BCUT2D eigenvalue weighted by molar-refractivity contribution is -0.146. The minimum atomic E-state index is -1.23. The molecule has 2 rings (SSSR count). The molecule has 1 aromatic rings. The van der Waals surface area contributed by atoms with Crippen LogP contribution < -0.4 is 5.32 Å². The van der Waals surface area contributed by atoms with Crippen molar-refractivity contribution in [2.45, 2.75) is 38.1 Å². The molecule has 1 unspecified atom stereocenters. The summed E-state index contributed by atoms with van der Waals surface area (Å²) in [6, 6.07) is 7.83. The molecule has 1 aromatic carbocycles. The number of benzene rings is 1. The van der Waals surface area contributed by atoms with Gasteiger partial charge in [0.15, 0.2) is 0 Å². The van der Waals surface area contributed by atoms with Crippen LogP contribution in [0.15, 0.2) is 24.3 Å². The molecule has 0 spiro atoms. The summed E-state index contributed by atoms with van der Waals surface area (Å²) >= 11 is 0. The van der Waals surface area contributed by atoms with Crippen LogP contribution in [-0.2, 0) is 16.0 Å². The topological polar surface area (TPSA) is 66.4 Å². The molecule has 0 saturated carbocycles. The van der Waals surface area contributed by atoms with Crippen LogP contribution >= 0.6 is 0 Å². The van der Waals surface area contributed by atoms with Gasteiger partial charge in [0.1, 0.15) is 5.54 Å². The largest absolute Gasteiger partial charge is 0.480 e. The molecule has 4 heteroatoms. The molecule has 0 heterocycles. The molecule has 4 nitrogen and oxygen atoms in total. The zero-order valence-electron chi connectivity index (χ0n) is 10.6. The third-order valence-corrected chi connectivity index (χ3v) is 3.42. The Balaban J connectivity index is 2.15. The van der Waals surface area contributed by atoms with Gasteiger partial charge in [0, 0.05) is 0 Å². The van der Waals surface area contributed by atoms with Crippen LogP contribution in [0.25, 0.3) is 0 Å². The molecule has 2 N–H and O–H groups in total. The maximum atomic E-state index is 12.2. The minimum Gasteiger partial charge on any atom is -0.480 e. The third-order valence-electron chi connectivity index (χ3n) is 3.42. The summed E-state index contributed by atoms with van der Waals surface area (Å²) in [5, 5.41) is 11.6. The van der Waals surface area contributed by atoms with Crippen molar-refractivity contribution in [2.75, 3.05) is 0 Å². The van der Waals surface area contributed by atoms with Gasteiger partial charge in [-0.15, -0.1) is 0 Å². The summed E-state index contributed by atoms with van der Waals surface area (Å²) in [4.78, 5) is 23.2. The second-order valence-electron chi connectivity index (χ2n) is 5.21. The van der Waals surface area contributed by atoms with Crippen LogP contribution in [0, 0.1) is 0 Å². The lowest BCUT2D eigenvalue weighted by Crippen LogP contribution is -2.50. The summed E-state index contributed by atoms with van der Waals surface area (Å²) in [6.07, 6.45) is 1.63. The van der Waals surface area contributed by atoms with E-state index in [1.54, 1.807) is 0 Å². The standard InChI is InChI=1S/C14H17NO3/c1-14(2,13(17)18)15-12(16)11-8-7-9-5-3-4-6-10(9)11/h3-6,11H,7-8H2,1-2H3,(H,15,16)(H,17,18). The van der Waals surface area contributed by atoms with Gasteiger partial charge < -0.3 is 10.4 Å². The van der Waals surface area contributed by atoms with Crippen LogP contribution in [0.5, 0.6) is 0 Å². The Bertz CT molecular complexity index is 494. The fourth-order valence-corrected chi connectivity index (χ4v) is 2.28. The first-order valence-corrected chi connectivity index (χ1v) is 6.05. The van der Waals surface area contributed by atoms with Crippen LogP contribution in [0.4, 0.5) is 0 Å². The van der Waals surface area contributed by atoms with Gasteiger partial charge in [-0.3, -0.25) is 4.79 Å². The molecule has 0 saturated heterocycles. The van der Waals surface area contributed by atoms with Crippen molar-refractivity contribution in [3.8, 4) is 0 Å². The second-order valence-corrected chi connectivity index (χ2v) is 5.21. The number of nitrogens with one attached hydrogen (secondary N) is 1. The first-order valence-electron chi connectivity index (χ1n) is 6.05. The molecule has 0 fully saturated rings. The number of carboxylic acids is 1. The minimum absolute atomic E-state index is 0.202. The SMILES string of the molecule is CC(C)(NC(=O)C1CCc2ccccc21)C(=O)O. The van der Waals surface area contributed by atoms with E-state index >= 15 is 0 Å². The van der Waals surface area contributed by atoms with Crippen LogP contribution in [0.1, 0.15) is 37.3 Å². The number of rotatable bonds is 3. The highest BCUT2D eigenvalue weighted by molar-refractivity contribution is 5.90. The number of aliphatic carboxylic acids is 1. The van der Waals surface area contributed by atoms with E-state index in [9.17, 15) is 9.59 Å². The molecule has 0 radical (unpaired) electrons. The van der Waals surface area contributed by atoms with Gasteiger partial charge in [0.05, 0.1) is 5.92 Å². The van der Waals surface area contributed by atoms with E-state index in [2.05, 4.69) is 5.32 Å². The quantitative estimate of drug-likeness (QED) is 0.854. The van der Waals surface area contributed by atoms with Crippen molar-refractivity contribution in [2.24, 2.45) is 0 Å². The highest BCUT2D eigenvalue weighted by Gasteiger charge is 2.34. The summed E-state index contributed by atoms with van der Waals surface area (Å²) in [6.45, 7) is 2.99. The van der Waals surface area contributed by atoms with Gasteiger partial charge >= 0.3 is 5.97 Å². The molecule has 96 valence electrons. The van der Waals surface area contributed by atoms with Gasteiger partial charge in [-0.05, 0) is 37.8 Å². The molecule has 1 aliphatic rings. The van der Waals surface area contributed by atoms with Crippen LogP contribution in [-0.4, -0.2) is 22.5 Å². The van der Waals surface area contributed by atoms with Crippen molar-refractivity contribution in [1.29, 1.82) is 0 Å². The highest BCUT2D eigenvalue weighted by Crippen LogP contribution is 2.33. The van der Waals surface area contributed by atoms with Crippen molar-refractivity contribution >= 4 is 11.9 Å². The molecule has 0 aromatic heterocycles. The number of carboxylic acid groups (broad SMARTS) is 1. The predicted octanol–water partition coefficient (Wildman–Crippen LogP) is 1.70. The Morgan fingerprint density at radius 2 is 2.00 bits per heavy atom. The van der Waals surface area contributed by atoms with Gasteiger partial charge in [0.25, 0.3) is 0 Å². The Labute approximate surface area is 106 Å². The lowest BCUT2D eigenvalue weighted by Gasteiger charge is -2.23. The first-order chi connectivity index (χ1) is 8.42. The lowest BCUT2D eigenvalue weighted by atomic mass is 9.98. The summed E-state index contributed by atoms with van der Waals surface area (Å²) < 4.78 is 0. The zero-order chi connectivity index (χ0) is 13.3. The van der Waals surface area contributed by atoms with E-state index in [4.69, 9.17) is 5.11 Å². The number of aryl methyl sites for hydroxylation is 1. The van der Waals surface area contributed by atoms with Gasteiger partial charge in [-0.25, -0.2) is 4.79 Å². The average molecular weight is 247 g/mol. The van der Waals surface area contributed by atoms with Gasteiger partial charge in [0.2, 0.25) is 5.91 Å². The van der Waals surface area contributed by atoms with Gasteiger partial charge in [-0.2, -0.15) is 0 Å². The first kappa shape index (κ1) is 12.6. The van der Waals surface area contributed by atoms with E-state index in [1.165, 1.54) is 19.4 Å². The molecule has 1 atom stereocenters. The molecular formula is C14H17NO3. The monoisotopic (exact) mass is 247 g/mol. The van der Waals surface area contributed by atoms with E-state index < -0.39 is 11.5 Å².